The van der Waals surface area contributed by atoms with E-state index < -0.39 is 16.1 Å². The average Bonchev–Trinajstić information content (AvgIpc) is 2.48. The molecule has 7 nitrogen and oxygen atoms in total. The predicted octanol–water partition coefficient (Wildman–Crippen LogP) is -0.290. The van der Waals surface area contributed by atoms with E-state index in [1.807, 2.05) is 12.1 Å². The van der Waals surface area contributed by atoms with Crippen molar-refractivity contribution in [3.63, 3.8) is 0 Å². The van der Waals surface area contributed by atoms with Gasteiger partial charge in [-0.15, -0.1) is 0 Å². The third-order valence-corrected chi connectivity index (χ3v) is 5.70. The summed E-state index contributed by atoms with van der Waals surface area (Å²) in [6.45, 7) is 3.07. The number of primary amides is 1. The molecule has 0 aromatic heterocycles. The fourth-order valence-corrected chi connectivity index (χ4v) is 3.47. The Hall–Kier alpha value is -1.48. The van der Waals surface area contributed by atoms with Gasteiger partial charge in [-0.2, -0.15) is 17.0 Å². The quantitative estimate of drug-likeness (QED) is 0.805. The molecular formula is C14H22N4O3S. The summed E-state index contributed by atoms with van der Waals surface area (Å²) in [5, 5.41) is 0. The van der Waals surface area contributed by atoms with E-state index >= 15 is 0 Å². The molecule has 0 radical (unpaired) electrons. The van der Waals surface area contributed by atoms with E-state index in [1.54, 1.807) is 26.2 Å². The Morgan fingerprint density at radius 3 is 2.14 bits per heavy atom. The van der Waals surface area contributed by atoms with Gasteiger partial charge in [-0.25, -0.2) is 0 Å². The van der Waals surface area contributed by atoms with Gasteiger partial charge in [-0.05, 0) is 17.7 Å². The molecule has 1 aromatic rings. The Bertz CT molecular complexity index is 620. The minimum absolute atomic E-state index is 0.436. The maximum Gasteiger partial charge on any atom is 0.281 e. The number of carbonyl (C=O) groups excluding carboxylic acids is 1. The normalized spacial score (nSPS) is 17.8. The lowest BCUT2D eigenvalue weighted by Crippen LogP contribution is -2.51. The van der Waals surface area contributed by atoms with E-state index in [4.69, 9.17) is 5.73 Å². The molecule has 0 aliphatic carbocycles. The fraction of sp³-hybridized carbons (Fsp3) is 0.500. The predicted molar refractivity (Wildman–Crippen MR) is 84.4 cm³/mol. The second-order valence-corrected chi connectivity index (χ2v) is 7.67. The van der Waals surface area contributed by atoms with E-state index in [0.717, 1.165) is 12.1 Å². The summed E-state index contributed by atoms with van der Waals surface area (Å²) in [6, 6.07) is 7.18. The highest BCUT2D eigenvalue weighted by Crippen LogP contribution is 2.13. The first kappa shape index (κ1) is 16.9. The van der Waals surface area contributed by atoms with Gasteiger partial charge in [-0.3, -0.25) is 9.69 Å². The van der Waals surface area contributed by atoms with Crippen LogP contribution in [-0.4, -0.2) is 68.1 Å². The first-order chi connectivity index (χ1) is 10.3. The summed E-state index contributed by atoms with van der Waals surface area (Å²) in [5.74, 6) is -0.436. The van der Waals surface area contributed by atoms with Crippen molar-refractivity contribution >= 4 is 16.1 Å². The lowest BCUT2D eigenvalue weighted by atomic mass is 10.1. The van der Waals surface area contributed by atoms with E-state index in [9.17, 15) is 13.2 Å². The Balaban J connectivity index is 1.91. The molecule has 122 valence electrons. The van der Waals surface area contributed by atoms with Crippen LogP contribution in [0.2, 0.25) is 0 Å². The number of carbonyl (C=O) groups is 1. The molecule has 1 heterocycles. The second kappa shape index (κ2) is 6.74. The second-order valence-electron chi connectivity index (χ2n) is 5.53. The number of amides is 1. The highest BCUT2D eigenvalue weighted by atomic mass is 32.2. The van der Waals surface area contributed by atoms with Crippen LogP contribution in [0.5, 0.6) is 0 Å². The standard InChI is InChI=1S/C14H22N4O3S/c1-16(2)22(20,21)18-9-7-17(8-10-18)11-12-3-5-13(6-4-12)14(15)19/h3-6H,7-11H2,1-2H3,(H2,15,19). The van der Waals surface area contributed by atoms with Gasteiger partial charge in [0.2, 0.25) is 5.91 Å². The molecule has 1 saturated heterocycles. The lowest BCUT2D eigenvalue weighted by molar-refractivity contribution is 0.1000. The van der Waals surface area contributed by atoms with Crippen LogP contribution in [0, 0.1) is 0 Å². The molecule has 0 spiro atoms. The van der Waals surface area contributed by atoms with Crippen LogP contribution in [0.3, 0.4) is 0 Å². The van der Waals surface area contributed by atoms with Gasteiger partial charge in [0.05, 0.1) is 0 Å². The molecule has 8 heteroatoms. The highest BCUT2D eigenvalue weighted by Gasteiger charge is 2.28. The molecular weight excluding hydrogens is 304 g/mol. The first-order valence-electron chi connectivity index (χ1n) is 7.09. The third-order valence-electron chi connectivity index (χ3n) is 3.76. The zero-order valence-corrected chi connectivity index (χ0v) is 13.7. The molecule has 0 atom stereocenters. The van der Waals surface area contributed by atoms with Crippen LogP contribution >= 0.6 is 0 Å². The molecule has 0 unspecified atom stereocenters. The van der Waals surface area contributed by atoms with E-state index in [0.29, 0.717) is 31.7 Å². The Labute approximate surface area is 131 Å². The molecule has 0 bridgehead atoms. The van der Waals surface area contributed by atoms with E-state index in [-0.39, 0.29) is 0 Å². The highest BCUT2D eigenvalue weighted by molar-refractivity contribution is 7.86. The first-order valence-corrected chi connectivity index (χ1v) is 8.49. The van der Waals surface area contributed by atoms with Gasteiger partial charge in [0.15, 0.2) is 0 Å². The molecule has 1 amide bonds. The summed E-state index contributed by atoms with van der Waals surface area (Å²) >= 11 is 0. The minimum Gasteiger partial charge on any atom is -0.366 e. The van der Waals surface area contributed by atoms with Crippen molar-refractivity contribution in [3.05, 3.63) is 35.4 Å². The average molecular weight is 326 g/mol. The Kier molecular flexibility index (Phi) is 5.17. The largest absolute Gasteiger partial charge is 0.366 e. The van der Waals surface area contributed by atoms with Crippen molar-refractivity contribution in [3.8, 4) is 0 Å². The smallest absolute Gasteiger partial charge is 0.281 e. The van der Waals surface area contributed by atoms with Gasteiger partial charge in [0.1, 0.15) is 0 Å². The number of piperazine rings is 1. The van der Waals surface area contributed by atoms with Crippen molar-refractivity contribution in [2.45, 2.75) is 6.54 Å². The summed E-state index contributed by atoms with van der Waals surface area (Å²) in [6.07, 6.45) is 0. The number of benzene rings is 1. The van der Waals surface area contributed by atoms with Crippen LogP contribution in [0.15, 0.2) is 24.3 Å². The van der Waals surface area contributed by atoms with E-state index in [1.165, 1.54) is 8.61 Å². The minimum atomic E-state index is -3.32. The van der Waals surface area contributed by atoms with Crippen LogP contribution in [-0.2, 0) is 16.8 Å². The van der Waals surface area contributed by atoms with Gasteiger partial charge in [0, 0.05) is 52.4 Å². The maximum absolute atomic E-state index is 12.0. The number of nitrogens with two attached hydrogens (primary N) is 1. The number of hydrogen-bond acceptors (Lipinski definition) is 4. The van der Waals surface area contributed by atoms with Crippen LogP contribution in [0.1, 0.15) is 15.9 Å². The number of rotatable bonds is 5. The Morgan fingerprint density at radius 1 is 1.14 bits per heavy atom. The van der Waals surface area contributed by atoms with Gasteiger partial charge >= 0.3 is 0 Å². The van der Waals surface area contributed by atoms with Crippen molar-refractivity contribution in [1.29, 1.82) is 0 Å². The maximum atomic E-state index is 12.0. The van der Waals surface area contributed by atoms with Gasteiger partial charge < -0.3 is 5.73 Å². The van der Waals surface area contributed by atoms with Crippen LogP contribution in [0.4, 0.5) is 0 Å². The zero-order chi connectivity index (χ0) is 16.3. The SMILES string of the molecule is CN(C)S(=O)(=O)N1CCN(Cc2ccc(C(N)=O)cc2)CC1. The van der Waals surface area contributed by atoms with Crippen molar-refractivity contribution < 1.29 is 13.2 Å². The monoisotopic (exact) mass is 326 g/mol. The van der Waals surface area contributed by atoms with Crippen LogP contribution < -0.4 is 5.73 Å². The molecule has 1 fully saturated rings. The molecule has 1 aromatic carbocycles. The molecule has 1 aliphatic heterocycles. The fourth-order valence-electron chi connectivity index (χ4n) is 2.38. The molecule has 2 N–H and O–H groups in total. The summed E-state index contributed by atoms with van der Waals surface area (Å²) in [7, 11) is -0.235. The van der Waals surface area contributed by atoms with Gasteiger partial charge in [0.25, 0.3) is 10.2 Å². The van der Waals surface area contributed by atoms with Crippen LogP contribution in [0.25, 0.3) is 0 Å². The van der Waals surface area contributed by atoms with Crippen molar-refractivity contribution in [1.82, 2.24) is 13.5 Å². The molecule has 22 heavy (non-hydrogen) atoms. The number of hydrogen-bond donors (Lipinski definition) is 1. The molecule has 2 rings (SSSR count). The zero-order valence-electron chi connectivity index (χ0n) is 12.9. The summed E-state index contributed by atoms with van der Waals surface area (Å²) in [4.78, 5) is 13.2. The van der Waals surface area contributed by atoms with Crippen molar-refractivity contribution in [2.75, 3.05) is 40.3 Å². The topological polar surface area (TPSA) is 87.0 Å². The molecule has 1 aliphatic rings. The van der Waals surface area contributed by atoms with E-state index in [2.05, 4.69) is 4.90 Å². The number of nitrogens with zero attached hydrogens (tertiary/aromatic N) is 3. The summed E-state index contributed by atoms with van der Waals surface area (Å²) < 4.78 is 26.8. The summed E-state index contributed by atoms with van der Waals surface area (Å²) in [5.41, 5.74) is 6.78. The molecule has 0 saturated carbocycles. The Morgan fingerprint density at radius 2 is 1.68 bits per heavy atom. The third kappa shape index (κ3) is 3.83. The van der Waals surface area contributed by atoms with Crippen molar-refractivity contribution in [2.24, 2.45) is 5.73 Å². The van der Waals surface area contributed by atoms with Gasteiger partial charge in [-0.1, -0.05) is 12.1 Å². The lowest BCUT2D eigenvalue weighted by Gasteiger charge is -2.35.